The second-order valence-corrected chi connectivity index (χ2v) is 6.64. The Balaban J connectivity index is 1.34. The predicted molar refractivity (Wildman–Crippen MR) is 102 cm³/mol. The summed E-state index contributed by atoms with van der Waals surface area (Å²) in [5.41, 5.74) is 5.10. The van der Waals surface area contributed by atoms with Crippen LogP contribution in [0.25, 0.3) is 11.0 Å². The SMILES string of the molecule is Cc1nc2ccc(C(=O)NCCCc3ccc4c(c3)OCO4)cc2nc1C. The molecular weight excluding hydrogens is 342 g/mol. The second kappa shape index (κ2) is 7.23. The highest BCUT2D eigenvalue weighted by Gasteiger charge is 2.13. The molecule has 0 saturated carbocycles. The zero-order valence-corrected chi connectivity index (χ0v) is 15.4. The summed E-state index contributed by atoms with van der Waals surface area (Å²) in [6.45, 7) is 4.74. The van der Waals surface area contributed by atoms with Crippen LogP contribution in [0.2, 0.25) is 0 Å². The van der Waals surface area contributed by atoms with Crippen molar-refractivity contribution in [3.05, 3.63) is 58.9 Å². The lowest BCUT2D eigenvalue weighted by Gasteiger charge is -2.08. The van der Waals surface area contributed by atoms with Crippen LogP contribution in [0.1, 0.15) is 33.7 Å². The highest BCUT2D eigenvalue weighted by Crippen LogP contribution is 2.32. The van der Waals surface area contributed by atoms with Gasteiger partial charge in [0, 0.05) is 12.1 Å². The van der Waals surface area contributed by atoms with Crippen molar-refractivity contribution in [3.63, 3.8) is 0 Å². The van der Waals surface area contributed by atoms with E-state index in [4.69, 9.17) is 9.47 Å². The number of amides is 1. The molecule has 0 spiro atoms. The molecule has 1 aliphatic heterocycles. The van der Waals surface area contributed by atoms with Crippen molar-refractivity contribution in [3.8, 4) is 11.5 Å². The number of benzene rings is 2. The van der Waals surface area contributed by atoms with Crippen molar-refractivity contribution >= 4 is 16.9 Å². The Morgan fingerprint density at radius 1 is 1.00 bits per heavy atom. The lowest BCUT2D eigenvalue weighted by Crippen LogP contribution is -2.24. The molecule has 0 atom stereocenters. The van der Waals surface area contributed by atoms with Gasteiger partial charge in [-0.1, -0.05) is 6.07 Å². The first-order chi connectivity index (χ1) is 13.1. The summed E-state index contributed by atoms with van der Waals surface area (Å²) in [5.74, 6) is 1.49. The number of rotatable bonds is 5. The van der Waals surface area contributed by atoms with Crippen molar-refractivity contribution in [2.75, 3.05) is 13.3 Å². The van der Waals surface area contributed by atoms with Crippen LogP contribution in [-0.4, -0.2) is 29.2 Å². The molecule has 1 amide bonds. The summed E-state index contributed by atoms with van der Waals surface area (Å²) >= 11 is 0. The zero-order valence-electron chi connectivity index (χ0n) is 15.4. The van der Waals surface area contributed by atoms with E-state index in [9.17, 15) is 4.79 Å². The third kappa shape index (κ3) is 3.69. The Morgan fingerprint density at radius 3 is 2.63 bits per heavy atom. The van der Waals surface area contributed by atoms with E-state index in [2.05, 4.69) is 15.3 Å². The number of hydrogen-bond acceptors (Lipinski definition) is 5. The van der Waals surface area contributed by atoms with Crippen LogP contribution in [0.4, 0.5) is 0 Å². The zero-order chi connectivity index (χ0) is 18.8. The summed E-state index contributed by atoms with van der Waals surface area (Å²) in [6.07, 6.45) is 1.70. The highest BCUT2D eigenvalue weighted by atomic mass is 16.7. The lowest BCUT2D eigenvalue weighted by atomic mass is 10.1. The lowest BCUT2D eigenvalue weighted by molar-refractivity contribution is 0.0953. The van der Waals surface area contributed by atoms with Crippen molar-refractivity contribution in [2.24, 2.45) is 0 Å². The number of ether oxygens (including phenoxy) is 2. The Morgan fingerprint density at radius 2 is 1.78 bits per heavy atom. The van der Waals surface area contributed by atoms with Gasteiger partial charge in [0.05, 0.1) is 22.4 Å². The maximum Gasteiger partial charge on any atom is 0.251 e. The number of carbonyl (C=O) groups is 1. The predicted octanol–water partition coefficient (Wildman–Crippen LogP) is 3.34. The molecular formula is C21H21N3O3. The fraction of sp³-hybridized carbons (Fsp3) is 0.286. The maximum absolute atomic E-state index is 12.4. The molecule has 4 rings (SSSR count). The average Bonchev–Trinajstić information content (AvgIpc) is 3.13. The number of aromatic nitrogens is 2. The molecule has 0 saturated heterocycles. The van der Waals surface area contributed by atoms with Crippen molar-refractivity contribution in [1.29, 1.82) is 0 Å². The van der Waals surface area contributed by atoms with Gasteiger partial charge < -0.3 is 14.8 Å². The molecule has 1 N–H and O–H groups in total. The normalized spacial score (nSPS) is 12.4. The van der Waals surface area contributed by atoms with Crippen LogP contribution < -0.4 is 14.8 Å². The highest BCUT2D eigenvalue weighted by molar-refractivity contribution is 5.97. The van der Waals surface area contributed by atoms with Gasteiger partial charge in [-0.3, -0.25) is 4.79 Å². The molecule has 6 nitrogen and oxygen atoms in total. The minimum atomic E-state index is -0.0948. The Kier molecular flexibility index (Phi) is 4.62. The van der Waals surface area contributed by atoms with E-state index in [-0.39, 0.29) is 12.7 Å². The second-order valence-electron chi connectivity index (χ2n) is 6.64. The van der Waals surface area contributed by atoms with Gasteiger partial charge in [0.25, 0.3) is 5.91 Å². The van der Waals surface area contributed by atoms with E-state index in [0.717, 1.165) is 46.8 Å². The van der Waals surface area contributed by atoms with Crippen molar-refractivity contribution in [2.45, 2.75) is 26.7 Å². The molecule has 138 valence electrons. The van der Waals surface area contributed by atoms with E-state index >= 15 is 0 Å². The van der Waals surface area contributed by atoms with Crippen LogP contribution in [0.15, 0.2) is 36.4 Å². The number of hydrogen-bond donors (Lipinski definition) is 1. The Labute approximate surface area is 157 Å². The monoisotopic (exact) mass is 363 g/mol. The molecule has 3 aromatic rings. The third-order valence-corrected chi connectivity index (χ3v) is 4.70. The molecule has 2 heterocycles. The van der Waals surface area contributed by atoms with Crippen LogP contribution >= 0.6 is 0 Å². The van der Waals surface area contributed by atoms with Gasteiger partial charge in [-0.05, 0) is 62.6 Å². The fourth-order valence-corrected chi connectivity index (χ4v) is 3.06. The van der Waals surface area contributed by atoms with E-state index < -0.39 is 0 Å². The van der Waals surface area contributed by atoms with Gasteiger partial charge in [0.1, 0.15) is 0 Å². The molecule has 0 fully saturated rings. The molecule has 6 heteroatoms. The van der Waals surface area contributed by atoms with E-state index in [1.165, 1.54) is 5.56 Å². The summed E-state index contributed by atoms with van der Waals surface area (Å²) in [4.78, 5) is 21.4. The van der Waals surface area contributed by atoms with Gasteiger partial charge >= 0.3 is 0 Å². The number of nitrogens with one attached hydrogen (secondary N) is 1. The summed E-state index contributed by atoms with van der Waals surface area (Å²) in [7, 11) is 0. The minimum Gasteiger partial charge on any atom is -0.454 e. The van der Waals surface area contributed by atoms with E-state index in [1.807, 2.05) is 38.1 Å². The van der Waals surface area contributed by atoms with Crippen molar-refractivity contribution < 1.29 is 14.3 Å². The smallest absolute Gasteiger partial charge is 0.251 e. The van der Waals surface area contributed by atoms with Gasteiger partial charge in [-0.15, -0.1) is 0 Å². The van der Waals surface area contributed by atoms with Crippen molar-refractivity contribution in [1.82, 2.24) is 15.3 Å². The third-order valence-electron chi connectivity index (χ3n) is 4.70. The summed E-state index contributed by atoms with van der Waals surface area (Å²) in [5, 5.41) is 2.97. The number of nitrogens with zero attached hydrogens (tertiary/aromatic N) is 2. The number of fused-ring (bicyclic) bond motifs is 2. The van der Waals surface area contributed by atoms with Gasteiger partial charge in [0.15, 0.2) is 11.5 Å². The molecule has 1 aromatic heterocycles. The van der Waals surface area contributed by atoms with Crippen LogP contribution in [-0.2, 0) is 6.42 Å². The minimum absolute atomic E-state index is 0.0948. The molecule has 0 bridgehead atoms. The standard InChI is InChI=1S/C21H21N3O3/c1-13-14(2)24-18-11-16(6-7-17(18)23-13)21(25)22-9-3-4-15-5-8-19-20(10-15)27-12-26-19/h5-8,10-11H,3-4,9,12H2,1-2H3,(H,22,25). The Bertz CT molecular complexity index is 1020. The topological polar surface area (TPSA) is 73.3 Å². The molecule has 0 unspecified atom stereocenters. The Hall–Kier alpha value is -3.15. The molecule has 0 radical (unpaired) electrons. The summed E-state index contributed by atoms with van der Waals surface area (Å²) in [6, 6.07) is 11.4. The molecule has 27 heavy (non-hydrogen) atoms. The molecule has 0 aliphatic carbocycles. The maximum atomic E-state index is 12.4. The first-order valence-electron chi connectivity index (χ1n) is 9.02. The van der Waals surface area contributed by atoms with Crippen LogP contribution in [0.5, 0.6) is 11.5 Å². The number of aryl methyl sites for hydroxylation is 3. The summed E-state index contributed by atoms with van der Waals surface area (Å²) < 4.78 is 10.7. The molecule has 1 aliphatic rings. The van der Waals surface area contributed by atoms with Gasteiger partial charge in [0.2, 0.25) is 6.79 Å². The van der Waals surface area contributed by atoms with E-state index in [1.54, 1.807) is 12.1 Å². The first kappa shape index (κ1) is 17.3. The average molecular weight is 363 g/mol. The van der Waals surface area contributed by atoms with Gasteiger partial charge in [-0.2, -0.15) is 0 Å². The van der Waals surface area contributed by atoms with Crippen LogP contribution in [0, 0.1) is 13.8 Å². The van der Waals surface area contributed by atoms with Gasteiger partial charge in [-0.25, -0.2) is 9.97 Å². The fourth-order valence-electron chi connectivity index (χ4n) is 3.06. The largest absolute Gasteiger partial charge is 0.454 e. The quantitative estimate of drug-likeness (QED) is 0.704. The van der Waals surface area contributed by atoms with E-state index in [0.29, 0.717) is 12.1 Å². The molecule has 2 aromatic carbocycles. The first-order valence-corrected chi connectivity index (χ1v) is 9.02. The van der Waals surface area contributed by atoms with Crippen LogP contribution in [0.3, 0.4) is 0 Å². The number of carbonyl (C=O) groups excluding carboxylic acids is 1.